The van der Waals surface area contributed by atoms with Crippen LogP contribution >= 0.6 is 0 Å². The number of piperazine rings is 1. The largest absolute Gasteiger partial charge is 0.351 e. The number of rotatable bonds is 8. The lowest BCUT2D eigenvalue weighted by atomic mass is 10.1. The second kappa shape index (κ2) is 11.1. The van der Waals surface area contributed by atoms with E-state index in [1.54, 1.807) is 12.1 Å². The molecule has 3 rings (SSSR count). The van der Waals surface area contributed by atoms with Gasteiger partial charge >= 0.3 is 0 Å². The Labute approximate surface area is 201 Å². The van der Waals surface area contributed by atoms with E-state index in [0.717, 1.165) is 11.3 Å². The van der Waals surface area contributed by atoms with Gasteiger partial charge in [-0.3, -0.25) is 14.5 Å². The second-order valence-corrected chi connectivity index (χ2v) is 10.5. The number of hydrogen-bond donors (Lipinski definition) is 3. The number of nitrogens with zero attached hydrogens (tertiary/aromatic N) is 2. The summed E-state index contributed by atoms with van der Waals surface area (Å²) >= 11 is 0. The van der Waals surface area contributed by atoms with E-state index in [1.807, 2.05) is 49.9 Å². The van der Waals surface area contributed by atoms with Gasteiger partial charge < -0.3 is 16.4 Å². The van der Waals surface area contributed by atoms with Gasteiger partial charge in [-0.2, -0.15) is 4.31 Å². The topological polar surface area (TPSA) is 125 Å². The normalized spacial score (nSPS) is 19.5. The molecule has 9 nitrogen and oxygen atoms in total. The summed E-state index contributed by atoms with van der Waals surface area (Å²) in [7, 11) is -3.84. The number of anilines is 1. The van der Waals surface area contributed by atoms with Gasteiger partial charge in [-0.05, 0) is 50.6 Å². The van der Waals surface area contributed by atoms with E-state index in [4.69, 9.17) is 5.73 Å². The molecular weight excluding hydrogens is 454 g/mol. The van der Waals surface area contributed by atoms with Crippen LogP contribution in [0.15, 0.2) is 53.4 Å². The molecule has 1 fully saturated rings. The van der Waals surface area contributed by atoms with Crippen LogP contribution < -0.4 is 16.4 Å². The van der Waals surface area contributed by atoms with E-state index in [2.05, 4.69) is 10.6 Å². The van der Waals surface area contributed by atoms with Gasteiger partial charge in [0.15, 0.2) is 0 Å². The molecule has 2 unspecified atom stereocenters. The first-order valence-electron chi connectivity index (χ1n) is 11.3. The standard InChI is InChI=1S/C24H33N5O4S/c1-17-7-4-5-10-22(17)27-23(30)16-28-14-18(2)29(19(3)15-28)34(32,33)21-9-6-8-20(13-21)24(31)26-12-11-25/h4-10,13,18-19H,11-12,14-16,25H2,1-3H3,(H,26,31)(H,27,30). The predicted molar refractivity (Wildman–Crippen MR) is 132 cm³/mol. The molecule has 2 amide bonds. The summed E-state index contributed by atoms with van der Waals surface area (Å²) in [5.74, 6) is -0.505. The first-order valence-corrected chi connectivity index (χ1v) is 12.8. The zero-order valence-corrected chi connectivity index (χ0v) is 20.6. The molecule has 4 N–H and O–H groups in total. The molecule has 1 aliphatic heterocycles. The Hall–Kier alpha value is -2.79. The molecule has 1 aliphatic rings. The Balaban J connectivity index is 1.69. The predicted octanol–water partition coefficient (Wildman–Crippen LogP) is 1.41. The summed E-state index contributed by atoms with van der Waals surface area (Å²) in [5, 5.41) is 5.58. The molecule has 0 spiro atoms. The number of para-hydroxylation sites is 1. The lowest BCUT2D eigenvalue weighted by Gasteiger charge is -2.43. The highest BCUT2D eigenvalue weighted by atomic mass is 32.2. The van der Waals surface area contributed by atoms with Crippen LogP contribution in [0.3, 0.4) is 0 Å². The highest BCUT2D eigenvalue weighted by molar-refractivity contribution is 7.89. The highest BCUT2D eigenvalue weighted by Crippen LogP contribution is 2.26. The molecule has 1 heterocycles. The molecule has 0 aliphatic carbocycles. The molecule has 0 radical (unpaired) electrons. The van der Waals surface area contributed by atoms with Gasteiger partial charge in [0.25, 0.3) is 5.91 Å². The highest BCUT2D eigenvalue weighted by Gasteiger charge is 2.39. The van der Waals surface area contributed by atoms with Gasteiger partial charge in [-0.15, -0.1) is 0 Å². The fourth-order valence-corrected chi connectivity index (χ4v) is 6.18. The number of amides is 2. The van der Waals surface area contributed by atoms with Crippen LogP contribution in [0.2, 0.25) is 0 Å². The summed E-state index contributed by atoms with van der Waals surface area (Å²) in [5.41, 5.74) is 7.44. The molecule has 2 aromatic rings. The lowest BCUT2D eigenvalue weighted by Crippen LogP contribution is -2.59. The molecule has 0 saturated carbocycles. The molecule has 0 aromatic heterocycles. The van der Waals surface area contributed by atoms with Gasteiger partial charge in [0, 0.05) is 49.5 Å². The maximum Gasteiger partial charge on any atom is 0.251 e. The van der Waals surface area contributed by atoms with Crippen molar-refractivity contribution in [1.29, 1.82) is 0 Å². The number of hydrogen-bond acceptors (Lipinski definition) is 6. The number of nitrogens with one attached hydrogen (secondary N) is 2. The maximum atomic E-state index is 13.5. The zero-order chi connectivity index (χ0) is 24.9. The minimum atomic E-state index is -3.84. The SMILES string of the molecule is Cc1ccccc1NC(=O)CN1CC(C)N(S(=O)(=O)c2cccc(C(=O)NCCN)c2)C(C)C1. The summed E-state index contributed by atoms with van der Waals surface area (Å²) < 4.78 is 28.4. The monoisotopic (exact) mass is 487 g/mol. The van der Waals surface area contributed by atoms with Crippen molar-refractivity contribution in [3.8, 4) is 0 Å². The van der Waals surface area contributed by atoms with E-state index in [1.165, 1.54) is 16.4 Å². The average Bonchev–Trinajstić information content (AvgIpc) is 2.78. The Morgan fingerprint density at radius 3 is 2.38 bits per heavy atom. The molecule has 0 bridgehead atoms. The van der Waals surface area contributed by atoms with E-state index >= 15 is 0 Å². The molecule has 34 heavy (non-hydrogen) atoms. The van der Waals surface area contributed by atoms with Crippen molar-refractivity contribution in [3.63, 3.8) is 0 Å². The third-order valence-corrected chi connectivity index (χ3v) is 7.93. The average molecular weight is 488 g/mol. The summed E-state index contributed by atoms with van der Waals surface area (Å²) in [6.07, 6.45) is 0. The Morgan fingerprint density at radius 2 is 1.74 bits per heavy atom. The van der Waals surface area contributed by atoms with E-state index in [9.17, 15) is 18.0 Å². The van der Waals surface area contributed by atoms with Crippen molar-refractivity contribution in [1.82, 2.24) is 14.5 Å². The van der Waals surface area contributed by atoms with Crippen LogP contribution in [0.5, 0.6) is 0 Å². The van der Waals surface area contributed by atoms with E-state index in [-0.39, 0.29) is 40.9 Å². The van der Waals surface area contributed by atoms with Gasteiger partial charge in [0.2, 0.25) is 15.9 Å². The van der Waals surface area contributed by atoms with Crippen molar-refractivity contribution in [2.75, 3.05) is 38.0 Å². The Bertz CT molecular complexity index is 1130. The third kappa shape index (κ3) is 6.01. The molecule has 1 saturated heterocycles. The number of sulfonamides is 1. The first kappa shape index (κ1) is 25.8. The number of aryl methyl sites for hydroxylation is 1. The van der Waals surface area contributed by atoms with Gasteiger partial charge in [0.05, 0.1) is 11.4 Å². The third-order valence-electron chi connectivity index (χ3n) is 5.80. The van der Waals surface area contributed by atoms with Crippen LogP contribution in [-0.2, 0) is 14.8 Å². The van der Waals surface area contributed by atoms with Crippen LogP contribution in [0.4, 0.5) is 5.69 Å². The molecule has 2 atom stereocenters. The van der Waals surface area contributed by atoms with Crippen LogP contribution in [0.25, 0.3) is 0 Å². The van der Waals surface area contributed by atoms with Crippen LogP contribution in [0, 0.1) is 6.92 Å². The fourth-order valence-electron chi connectivity index (χ4n) is 4.33. The summed E-state index contributed by atoms with van der Waals surface area (Å²) in [6.45, 7) is 7.21. The van der Waals surface area contributed by atoms with Gasteiger partial charge in [-0.1, -0.05) is 24.3 Å². The van der Waals surface area contributed by atoms with Crippen molar-refractivity contribution < 1.29 is 18.0 Å². The smallest absolute Gasteiger partial charge is 0.251 e. The second-order valence-electron chi connectivity index (χ2n) is 8.66. The Kier molecular flexibility index (Phi) is 8.42. The fraction of sp³-hybridized carbons (Fsp3) is 0.417. The molecular formula is C24H33N5O4S. The van der Waals surface area contributed by atoms with Crippen molar-refractivity contribution in [3.05, 3.63) is 59.7 Å². The van der Waals surface area contributed by atoms with E-state index < -0.39 is 10.0 Å². The van der Waals surface area contributed by atoms with Crippen LogP contribution in [-0.4, -0.2) is 74.2 Å². The molecule has 184 valence electrons. The number of nitrogens with two attached hydrogens (primary N) is 1. The number of carbonyl (C=O) groups is 2. The van der Waals surface area contributed by atoms with Crippen molar-refractivity contribution >= 4 is 27.5 Å². The van der Waals surface area contributed by atoms with Crippen molar-refractivity contribution in [2.24, 2.45) is 5.73 Å². The quantitative estimate of drug-likeness (QED) is 0.517. The lowest BCUT2D eigenvalue weighted by molar-refractivity contribution is -0.118. The van der Waals surface area contributed by atoms with E-state index in [0.29, 0.717) is 26.2 Å². The zero-order valence-electron chi connectivity index (χ0n) is 19.8. The first-order chi connectivity index (χ1) is 16.1. The molecule has 2 aromatic carbocycles. The minimum Gasteiger partial charge on any atom is -0.351 e. The number of benzene rings is 2. The minimum absolute atomic E-state index is 0.0670. The van der Waals surface area contributed by atoms with Crippen molar-refractivity contribution in [2.45, 2.75) is 37.8 Å². The van der Waals surface area contributed by atoms with Crippen LogP contribution in [0.1, 0.15) is 29.8 Å². The summed E-state index contributed by atoms with van der Waals surface area (Å²) in [4.78, 5) is 26.9. The molecule has 10 heteroatoms. The maximum absolute atomic E-state index is 13.5. The van der Waals surface area contributed by atoms with Gasteiger partial charge in [0.1, 0.15) is 0 Å². The van der Waals surface area contributed by atoms with Gasteiger partial charge in [-0.25, -0.2) is 8.42 Å². The summed E-state index contributed by atoms with van der Waals surface area (Å²) in [6, 6.07) is 12.9. The Morgan fingerprint density at radius 1 is 1.06 bits per heavy atom. The number of carbonyl (C=O) groups excluding carboxylic acids is 2.